The number of nitrogens with one attached hydrogen (secondary N) is 2. The lowest BCUT2D eigenvalue weighted by Gasteiger charge is -2.46. The number of amides is 2. The second-order valence-corrected chi connectivity index (χ2v) is 9.64. The van der Waals surface area contributed by atoms with E-state index in [1.54, 1.807) is 38.1 Å². The summed E-state index contributed by atoms with van der Waals surface area (Å²) in [6.45, 7) is 3.03. The third-order valence-corrected chi connectivity index (χ3v) is 6.74. The molecule has 1 fully saturated rings. The number of nitro groups is 1. The first-order chi connectivity index (χ1) is 17.1. The number of non-ortho nitro benzene ring substituents is 1. The van der Waals surface area contributed by atoms with Gasteiger partial charge in [-0.2, -0.15) is 0 Å². The molecule has 1 aliphatic heterocycles. The van der Waals surface area contributed by atoms with Crippen LogP contribution in [0.25, 0.3) is 0 Å². The van der Waals surface area contributed by atoms with E-state index in [1.807, 2.05) is 6.07 Å². The highest BCUT2D eigenvalue weighted by Gasteiger charge is 2.54. The van der Waals surface area contributed by atoms with Crippen molar-refractivity contribution in [2.45, 2.75) is 38.3 Å². The Morgan fingerprint density at radius 2 is 1.72 bits per heavy atom. The van der Waals surface area contributed by atoms with Crippen molar-refractivity contribution in [3.63, 3.8) is 0 Å². The van der Waals surface area contributed by atoms with Crippen LogP contribution in [-0.2, 0) is 43.1 Å². The maximum absolute atomic E-state index is 13.0. The summed E-state index contributed by atoms with van der Waals surface area (Å²) in [7, 11) is -0.355. The first-order valence-electron chi connectivity index (χ1n) is 11.0. The Kier molecular flexibility index (Phi) is 8.67. The smallest absolute Gasteiger partial charge is 0.355 e. The number of nitro benzene ring substituents is 1. The molecule has 1 aliphatic rings. The van der Waals surface area contributed by atoms with Gasteiger partial charge in [0.2, 0.25) is 5.91 Å². The zero-order chi connectivity index (χ0) is 26.4. The highest BCUT2D eigenvalue weighted by atomic mass is 32.2. The molecule has 2 aromatic rings. The molecule has 0 aromatic heterocycles. The maximum Gasteiger partial charge on any atom is 0.355 e. The number of nitrogens with zero attached hydrogens (tertiary/aromatic N) is 2. The number of carbonyl (C=O) groups is 3. The van der Waals surface area contributed by atoms with Crippen molar-refractivity contribution >= 4 is 34.5 Å². The summed E-state index contributed by atoms with van der Waals surface area (Å²) in [5.74, 6) is -1.83. The first-order valence-corrected chi connectivity index (χ1v) is 12.2. The van der Waals surface area contributed by atoms with E-state index in [0.29, 0.717) is 11.1 Å². The maximum atomic E-state index is 13.0. The van der Waals surface area contributed by atoms with Gasteiger partial charge < -0.3 is 10.1 Å². The minimum absolute atomic E-state index is 0.0380. The zero-order valence-corrected chi connectivity index (χ0v) is 20.7. The molecular formula is C24H26N4O7S. The lowest BCUT2D eigenvalue weighted by atomic mass is 10.0. The molecule has 0 aliphatic carbocycles. The molecule has 11 nitrogen and oxygen atoms in total. The van der Waals surface area contributed by atoms with Crippen molar-refractivity contribution in [1.29, 1.82) is 0 Å². The van der Waals surface area contributed by atoms with E-state index < -0.39 is 45.1 Å². The minimum atomic E-state index is -1.79. The fourth-order valence-corrected chi connectivity index (χ4v) is 4.73. The predicted octanol–water partition coefficient (Wildman–Crippen LogP) is 1.71. The summed E-state index contributed by atoms with van der Waals surface area (Å²) in [6, 6.07) is 13.4. The van der Waals surface area contributed by atoms with Crippen molar-refractivity contribution in [2.24, 2.45) is 0 Å². The number of likely N-dealkylation sites (tertiary alicyclic amines) is 1. The number of hydrogen-bond acceptors (Lipinski definition) is 7. The molecule has 3 rings (SSSR count). The van der Waals surface area contributed by atoms with Gasteiger partial charge in [-0.25, -0.2) is 13.7 Å². The van der Waals surface area contributed by atoms with Gasteiger partial charge in [-0.05, 0) is 49.7 Å². The van der Waals surface area contributed by atoms with Crippen molar-refractivity contribution in [1.82, 2.24) is 14.9 Å². The predicted molar refractivity (Wildman–Crippen MR) is 131 cm³/mol. The summed E-state index contributed by atoms with van der Waals surface area (Å²) >= 11 is 0. The number of hydrogen-bond donors (Lipinski definition) is 2. The third kappa shape index (κ3) is 6.01. The highest BCUT2D eigenvalue weighted by molar-refractivity contribution is 7.83. The van der Waals surface area contributed by atoms with Gasteiger partial charge in [-0.3, -0.25) is 24.6 Å². The standard InChI is InChI=1S/C24H26N4O7S/c1-15(2)21(24(31)35-14-17-9-11-18(12-10-17)28(32)33)27-22(30)20(23(27)36(34)25-3)26-19(29)13-16-7-5-4-6-8-16/h4-12,20,23,25H,13-14H2,1-3H3,(H,26,29)/t20-,23-,36?/m1/s1. The van der Waals surface area contributed by atoms with Crippen LogP contribution in [0.5, 0.6) is 0 Å². The van der Waals surface area contributed by atoms with Crippen molar-refractivity contribution < 1.29 is 28.3 Å². The summed E-state index contributed by atoms with van der Waals surface area (Å²) in [4.78, 5) is 49.9. The van der Waals surface area contributed by atoms with Crippen LogP contribution in [0.4, 0.5) is 5.69 Å². The van der Waals surface area contributed by atoms with E-state index in [-0.39, 0.29) is 24.4 Å². The molecule has 2 aromatic carbocycles. The Labute approximate surface area is 210 Å². The molecule has 190 valence electrons. The summed E-state index contributed by atoms with van der Waals surface area (Å²) in [5, 5.41) is 12.4. The van der Waals surface area contributed by atoms with Gasteiger partial charge >= 0.3 is 5.97 Å². The van der Waals surface area contributed by atoms with Gasteiger partial charge in [-0.15, -0.1) is 0 Å². The van der Waals surface area contributed by atoms with Gasteiger partial charge in [0.1, 0.15) is 29.3 Å². The zero-order valence-electron chi connectivity index (χ0n) is 19.9. The quantitative estimate of drug-likeness (QED) is 0.161. The van der Waals surface area contributed by atoms with Gasteiger partial charge in [-0.1, -0.05) is 30.3 Å². The number of rotatable bonds is 10. The van der Waals surface area contributed by atoms with Crippen LogP contribution in [0, 0.1) is 10.1 Å². The number of β-lactam (4-membered cyclic amide) rings is 1. The molecular weight excluding hydrogens is 488 g/mol. The van der Waals surface area contributed by atoms with Crippen molar-refractivity contribution in [3.8, 4) is 0 Å². The van der Waals surface area contributed by atoms with E-state index in [4.69, 9.17) is 4.74 Å². The van der Waals surface area contributed by atoms with Gasteiger partial charge in [0.05, 0.1) is 11.3 Å². The first kappa shape index (κ1) is 26.7. The van der Waals surface area contributed by atoms with E-state index in [9.17, 15) is 28.7 Å². The monoisotopic (exact) mass is 514 g/mol. The minimum Gasteiger partial charge on any atom is -0.456 e. The average molecular weight is 515 g/mol. The molecule has 2 N–H and O–H groups in total. The van der Waals surface area contributed by atoms with Crippen molar-refractivity contribution in [3.05, 3.63) is 87.1 Å². The highest BCUT2D eigenvalue weighted by Crippen LogP contribution is 2.30. The molecule has 0 bridgehead atoms. The van der Waals surface area contributed by atoms with Crippen molar-refractivity contribution in [2.75, 3.05) is 7.05 Å². The molecule has 1 unspecified atom stereocenters. The third-order valence-electron chi connectivity index (χ3n) is 5.41. The average Bonchev–Trinajstić information content (AvgIpc) is 2.86. The molecule has 1 saturated heterocycles. The van der Waals surface area contributed by atoms with E-state index in [2.05, 4.69) is 10.0 Å². The van der Waals surface area contributed by atoms with Gasteiger partial charge in [0.25, 0.3) is 11.6 Å². The van der Waals surface area contributed by atoms with Crippen LogP contribution in [0.15, 0.2) is 65.9 Å². The van der Waals surface area contributed by atoms with Crippen LogP contribution < -0.4 is 10.0 Å². The Bertz CT molecular complexity index is 1210. The number of benzene rings is 2. The molecule has 0 spiro atoms. The second-order valence-electron chi connectivity index (χ2n) is 8.16. The summed E-state index contributed by atoms with van der Waals surface area (Å²) in [6.07, 6.45) is 0.0380. The topological polar surface area (TPSA) is 148 Å². The summed E-state index contributed by atoms with van der Waals surface area (Å²) in [5.41, 5.74) is 1.54. The van der Waals surface area contributed by atoms with E-state index >= 15 is 0 Å². The molecule has 0 radical (unpaired) electrons. The van der Waals surface area contributed by atoms with Gasteiger partial charge in [0.15, 0.2) is 5.37 Å². The van der Waals surface area contributed by atoms with Crippen LogP contribution in [-0.4, -0.2) is 50.3 Å². The normalized spacial score (nSPS) is 17.5. The molecule has 3 atom stereocenters. The number of ether oxygens (including phenoxy) is 1. The van der Waals surface area contributed by atoms with Crippen LogP contribution in [0.1, 0.15) is 25.0 Å². The van der Waals surface area contributed by atoms with Crippen LogP contribution in [0.2, 0.25) is 0 Å². The Balaban J connectivity index is 1.73. The molecule has 12 heteroatoms. The SMILES string of the molecule is CNS(=O)[C@@H]1[C@H](NC(=O)Cc2ccccc2)C(=O)N1C(C(=O)OCc1ccc([N+](=O)[O-])cc1)=C(C)C. The molecule has 2 amide bonds. The lowest BCUT2D eigenvalue weighted by molar-refractivity contribution is -0.384. The van der Waals surface area contributed by atoms with E-state index in [0.717, 1.165) is 10.5 Å². The Hall–Kier alpha value is -3.90. The fraction of sp³-hybridized carbons (Fsp3) is 0.292. The molecule has 1 heterocycles. The Morgan fingerprint density at radius 1 is 1.08 bits per heavy atom. The van der Waals surface area contributed by atoms with E-state index in [1.165, 1.54) is 31.3 Å². The number of allylic oxidation sites excluding steroid dienone is 1. The lowest BCUT2D eigenvalue weighted by Crippen LogP contribution is -2.73. The van der Waals surface area contributed by atoms with Crippen LogP contribution >= 0.6 is 0 Å². The molecule has 0 saturated carbocycles. The Morgan fingerprint density at radius 3 is 2.28 bits per heavy atom. The van der Waals surface area contributed by atoms with Crippen LogP contribution in [0.3, 0.4) is 0 Å². The second kappa shape index (κ2) is 11.7. The largest absolute Gasteiger partial charge is 0.456 e. The number of carbonyl (C=O) groups excluding carboxylic acids is 3. The summed E-state index contributed by atoms with van der Waals surface area (Å²) < 4.78 is 20.7. The number of esters is 1. The fourth-order valence-electron chi connectivity index (χ4n) is 3.65. The molecule has 36 heavy (non-hydrogen) atoms. The van der Waals surface area contributed by atoms with Gasteiger partial charge in [0, 0.05) is 12.1 Å².